The Morgan fingerprint density at radius 3 is 2.55 bits per heavy atom. The monoisotopic (exact) mass is 282 g/mol. The van der Waals surface area contributed by atoms with Gasteiger partial charge in [0.15, 0.2) is 0 Å². The molecule has 0 aromatic carbocycles. The first-order chi connectivity index (χ1) is 9.41. The van der Waals surface area contributed by atoms with Crippen molar-refractivity contribution in [1.82, 2.24) is 10.2 Å². The molecule has 2 atom stereocenters. The van der Waals surface area contributed by atoms with Gasteiger partial charge in [0, 0.05) is 38.8 Å². The molecule has 0 aromatic heterocycles. The summed E-state index contributed by atoms with van der Waals surface area (Å²) >= 11 is 0. The third-order valence-corrected chi connectivity index (χ3v) is 5.05. The van der Waals surface area contributed by atoms with Gasteiger partial charge in [-0.15, -0.1) is 0 Å². The number of nitrogens with zero attached hydrogens (tertiary/aromatic N) is 1. The molecule has 3 nitrogen and oxygen atoms in total. The number of ether oxygens (including phenoxy) is 1. The third-order valence-electron chi connectivity index (χ3n) is 5.05. The summed E-state index contributed by atoms with van der Waals surface area (Å²) in [5, 5.41) is 3.80. The smallest absolute Gasteiger partial charge is 0.0634 e. The second-order valence-electron chi connectivity index (χ2n) is 7.84. The van der Waals surface area contributed by atoms with E-state index >= 15 is 0 Å². The highest BCUT2D eigenvalue weighted by Crippen LogP contribution is 2.35. The Morgan fingerprint density at radius 1 is 1.30 bits per heavy atom. The van der Waals surface area contributed by atoms with Crippen LogP contribution in [0.15, 0.2) is 0 Å². The minimum Gasteiger partial charge on any atom is -0.379 e. The van der Waals surface area contributed by atoms with Gasteiger partial charge in [-0.3, -0.25) is 4.90 Å². The molecule has 0 bridgehead atoms. The fourth-order valence-electron chi connectivity index (χ4n) is 3.26. The lowest BCUT2D eigenvalue weighted by Gasteiger charge is -2.42. The first kappa shape index (κ1) is 16.3. The molecule has 0 aromatic rings. The minimum atomic E-state index is 0.00232. The van der Waals surface area contributed by atoms with Crippen LogP contribution < -0.4 is 5.32 Å². The summed E-state index contributed by atoms with van der Waals surface area (Å²) in [5.74, 6) is 1.73. The molecule has 1 N–H and O–H groups in total. The maximum absolute atomic E-state index is 5.59. The summed E-state index contributed by atoms with van der Waals surface area (Å²) in [6, 6.07) is 1.45. The van der Waals surface area contributed by atoms with Crippen molar-refractivity contribution in [2.24, 2.45) is 11.8 Å². The largest absolute Gasteiger partial charge is 0.379 e. The van der Waals surface area contributed by atoms with Crippen molar-refractivity contribution in [3.63, 3.8) is 0 Å². The molecule has 3 heteroatoms. The molecule has 118 valence electrons. The maximum atomic E-state index is 5.59. The first-order valence-corrected chi connectivity index (χ1v) is 8.44. The number of nitrogens with one attached hydrogen (secondary N) is 1. The second-order valence-corrected chi connectivity index (χ2v) is 7.84. The van der Waals surface area contributed by atoms with Crippen LogP contribution in [0.2, 0.25) is 0 Å². The van der Waals surface area contributed by atoms with Crippen LogP contribution in [0.25, 0.3) is 0 Å². The lowest BCUT2D eigenvalue weighted by atomic mass is 9.96. The summed E-state index contributed by atoms with van der Waals surface area (Å²) in [6.07, 6.45) is 5.29. The number of methoxy groups -OCH3 is 1. The number of hydrogen-bond acceptors (Lipinski definition) is 3. The van der Waals surface area contributed by atoms with Gasteiger partial charge in [-0.1, -0.05) is 13.8 Å². The van der Waals surface area contributed by atoms with Gasteiger partial charge in [-0.05, 0) is 51.4 Å². The third kappa shape index (κ3) is 4.71. The van der Waals surface area contributed by atoms with Crippen molar-refractivity contribution in [3.8, 4) is 0 Å². The number of hydrogen-bond donors (Lipinski definition) is 1. The minimum absolute atomic E-state index is 0.00232. The molecule has 1 aliphatic carbocycles. The zero-order chi connectivity index (χ0) is 14.8. The van der Waals surface area contributed by atoms with Gasteiger partial charge in [0.2, 0.25) is 0 Å². The zero-order valence-electron chi connectivity index (χ0n) is 14.1. The predicted octanol–water partition coefficient (Wildman–Crippen LogP) is 2.90. The van der Waals surface area contributed by atoms with Gasteiger partial charge < -0.3 is 10.1 Å². The van der Waals surface area contributed by atoms with Crippen LogP contribution in [0.1, 0.15) is 53.4 Å². The van der Waals surface area contributed by atoms with Crippen molar-refractivity contribution in [2.75, 3.05) is 26.7 Å². The standard InChI is InChI=1S/C17H34N2O/c1-13(2)10-15-11-18-16(14-6-7-14)12-19(15)9-8-17(3,4)20-5/h13-16,18H,6-12H2,1-5H3. The van der Waals surface area contributed by atoms with Gasteiger partial charge in [-0.2, -0.15) is 0 Å². The zero-order valence-corrected chi connectivity index (χ0v) is 14.1. The summed E-state index contributed by atoms with van der Waals surface area (Å²) in [6.45, 7) is 12.7. The lowest BCUT2D eigenvalue weighted by molar-refractivity contribution is -0.00221. The average molecular weight is 282 g/mol. The van der Waals surface area contributed by atoms with E-state index in [4.69, 9.17) is 4.74 Å². The summed E-state index contributed by atoms with van der Waals surface area (Å²) < 4.78 is 5.59. The molecule has 1 saturated heterocycles. The summed E-state index contributed by atoms with van der Waals surface area (Å²) in [5.41, 5.74) is 0.00232. The molecule has 2 unspecified atom stereocenters. The van der Waals surface area contributed by atoms with Gasteiger partial charge in [0.1, 0.15) is 0 Å². The molecule has 0 spiro atoms. The van der Waals surface area contributed by atoms with Crippen LogP contribution in [0.4, 0.5) is 0 Å². The number of rotatable bonds is 7. The average Bonchev–Trinajstić information content (AvgIpc) is 3.21. The molecule has 0 amide bonds. The maximum Gasteiger partial charge on any atom is 0.0634 e. The first-order valence-electron chi connectivity index (χ1n) is 8.44. The Hall–Kier alpha value is -0.120. The van der Waals surface area contributed by atoms with Crippen molar-refractivity contribution in [3.05, 3.63) is 0 Å². The van der Waals surface area contributed by atoms with E-state index < -0.39 is 0 Å². The predicted molar refractivity (Wildman–Crippen MR) is 85.0 cm³/mol. The molecule has 2 rings (SSSR count). The van der Waals surface area contributed by atoms with Crippen LogP contribution in [0, 0.1) is 11.8 Å². The highest BCUT2D eigenvalue weighted by atomic mass is 16.5. The normalized spacial score (nSPS) is 29.1. The second kappa shape index (κ2) is 6.76. The molecule has 1 heterocycles. The Bertz CT molecular complexity index is 299. The molecule has 2 fully saturated rings. The molecule has 2 aliphatic rings. The van der Waals surface area contributed by atoms with E-state index in [9.17, 15) is 0 Å². The van der Waals surface area contributed by atoms with E-state index in [-0.39, 0.29) is 5.60 Å². The molecular weight excluding hydrogens is 248 g/mol. The van der Waals surface area contributed by atoms with E-state index in [0.717, 1.165) is 24.3 Å². The van der Waals surface area contributed by atoms with Gasteiger partial charge in [-0.25, -0.2) is 0 Å². The van der Waals surface area contributed by atoms with Crippen molar-refractivity contribution < 1.29 is 4.74 Å². The summed E-state index contributed by atoms with van der Waals surface area (Å²) in [4.78, 5) is 2.74. The molecule has 20 heavy (non-hydrogen) atoms. The Balaban J connectivity index is 1.90. The SMILES string of the molecule is COC(C)(C)CCN1CC(C2CC2)NCC1CC(C)C. The Kier molecular flexibility index (Phi) is 5.49. The number of piperazine rings is 1. The van der Waals surface area contributed by atoms with Crippen LogP contribution in [-0.2, 0) is 4.74 Å². The molecule has 1 saturated carbocycles. The van der Waals surface area contributed by atoms with Gasteiger partial charge >= 0.3 is 0 Å². The topological polar surface area (TPSA) is 24.5 Å². The Labute approximate surface area is 125 Å². The molecular formula is C17H34N2O. The lowest BCUT2D eigenvalue weighted by Crippen LogP contribution is -2.58. The molecule has 0 radical (unpaired) electrons. The highest BCUT2D eigenvalue weighted by Gasteiger charge is 2.37. The van der Waals surface area contributed by atoms with Gasteiger partial charge in [0.25, 0.3) is 0 Å². The van der Waals surface area contributed by atoms with Crippen molar-refractivity contribution >= 4 is 0 Å². The van der Waals surface area contributed by atoms with Crippen molar-refractivity contribution in [1.29, 1.82) is 0 Å². The fraction of sp³-hybridized carbons (Fsp3) is 1.00. The van der Waals surface area contributed by atoms with Gasteiger partial charge in [0.05, 0.1) is 5.60 Å². The van der Waals surface area contributed by atoms with E-state index in [1.54, 1.807) is 0 Å². The van der Waals surface area contributed by atoms with Crippen LogP contribution in [0.3, 0.4) is 0 Å². The fourth-order valence-corrected chi connectivity index (χ4v) is 3.26. The van der Waals surface area contributed by atoms with Crippen LogP contribution >= 0.6 is 0 Å². The molecule has 1 aliphatic heterocycles. The van der Waals surface area contributed by atoms with E-state index in [0.29, 0.717) is 6.04 Å². The Morgan fingerprint density at radius 2 is 2.00 bits per heavy atom. The van der Waals surface area contributed by atoms with E-state index in [1.807, 2.05) is 7.11 Å². The van der Waals surface area contributed by atoms with Crippen LogP contribution in [0.5, 0.6) is 0 Å². The quantitative estimate of drug-likeness (QED) is 0.777. The van der Waals surface area contributed by atoms with E-state index in [2.05, 4.69) is 37.9 Å². The van der Waals surface area contributed by atoms with Crippen LogP contribution in [-0.4, -0.2) is 49.3 Å². The van der Waals surface area contributed by atoms with Crippen molar-refractivity contribution in [2.45, 2.75) is 71.1 Å². The van der Waals surface area contributed by atoms with E-state index in [1.165, 1.54) is 38.9 Å². The highest BCUT2D eigenvalue weighted by molar-refractivity contribution is 4.95. The summed E-state index contributed by atoms with van der Waals surface area (Å²) in [7, 11) is 1.83.